The topological polar surface area (TPSA) is 46.2 Å². The van der Waals surface area contributed by atoms with Crippen molar-refractivity contribution in [1.82, 2.24) is 0 Å². The lowest BCUT2D eigenvalue weighted by Gasteiger charge is -1.99. The number of benzene rings is 1. The minimum Gasteiger partial charge on any atom is -0.507 e. The van der Waals surface area contributed by atoms with Crippen LogP contribution >= 0.6 is 0 Å². The Kier molecular flexibility index (Phi) is 2.75. The highest BCUT2D eigenvalue weighted by Crippen LogP contribution is 2.20. The first-order chi connectivity index (χ1) is 5.74. The van der Waals surface area contributed by atoms with E-state index < -0.39 is 0 Å². The molecule has 0 atom stereocenters. The van der Waals surface area contributed by atoms with Crippen LogP contribution < -0.4 is 5.73 Å². The van der Waals surface area contributed by atoms with Crippen molar-refractivity contribution >= 4 is 11.8 Å². The van der Waals surface area contributed by atoms with Crippen LogP contribution in [0.5, 0.6) is 5.75 Å². The van der Waals surface area contributed by atoms with Gasteiger partial charge in [-0.25, -0.2) is 0 Å². The maximum atomic E-state index is 9.35. The molecule has 1 rings (SSSR count). The molecule has 0 radical (unpaired) electrons. The van der Waals surface area contributed by atoms with Crippen LogP contribution in [0.15, 0.2) is 24.3 Å². The van der Waals surface area contributed by atoms with Crippen molar-refractivity contribution in [2.45, 2.75) is 13.3 Å². The van der Waals surface area contributed by atoms with Gasteiger partial charge in [0, 0.05) is 11.3 Å². The number of rotatable bonds is 2. The number of phenols is 1. The summed E-state index contributed by atoms with van der Waals surface area (Å²) in [5.41, 5.74) is 7.00. The van der Waals surface area contributed by atoms with Gasteiger partial charge in [-0.05, 0) is 24.6 Å². The molecule has 0 aromatic heterocycles. The Morgan fingerprint density at radius 3 is 2.92 bits per heavy atom. The zero-order chi connectivity index (χ0) is 8.97. The van der Waals surface area contributed by atoms with Gasteiger partial charge in [-0.1, -0.05) is 19.1 Å². The SMILES string of the molecule is CC/C=C/c1cc(N)ccc1O. The highest BCUT2D eigenvalue weighted by Gasteiger charge is 1.95. The van der Waals surface area contributed by atoms with E-state index in [4.69, 9.17) is 5.73 Å². The highest BCUT2D eigenvalue weighted by atomic mass is 16.3. The van der Waals surface area contributed by atoms with Crippen LogP contribution in [0.3, 0.4) is 0 Å². The molecule has 2 heteroatoms. The summed E-state index contributed by atoms with van der Waals surface area (Å²) >= 11 is 0. The average Bonchev–Trinajstić information content (AvgIpc) is 2.07. The van der Waals surface area contributed by atoms with E-state index in [1.807, 2.05) is 19.1 Å². The minimum absolute atomic E-state index is 0.272. The van der Waals surface area contributed by atoms with Crippen molar-refractivity contribution in [1.29, 1.82) is 0 Å². The molecular weight excluding hydrogens is 150 g/mol. The maximum absolute atomic E-state index is 9.35. The molecule has 0 heterocycles. The summed E-state index contributed by atoms with van der Waals surface area (Å²) in [4.78, 5) is 0. The summed E-state index contributed by atoms with van der Waals surface area (Å²) in [7, 11) is 0. The standard InChI is InChI=1S/C10H13NO/c1-2-3-4-8-7-9(11)5-6-10(8)12/h3-7,12H,2,11H2,1H3/b4-3+. The Morgan fingerprint density at radius 2 is 2.25 bits per heavy atom. The Balaban J connectivity index is 2.97. The predicted molar refractivity (Wildman–Crippen MR) is 51.8 cm³/mol. The summed E-state index contributed by atoms with van der Waals surface area (Å²) in [6.45, 7) is 2.04. The molecule has 3 N–H and O–H groups in total. The molecule has 0 saturated heterocycles. The second kappa shape index (κ2) is 3.81. The first kappa shape index (κ1) is 8.65. The van der Waals surface area contributed by atoms with Gasteiger partial charge in [-0.15, -0.1) is 0 Å². The normalized spacial score (nSPS) is 10.8. The Labute approximate surface area is 72.3 Å². The smallest absolute Gasteiger partial charge is 0.122 e. The third kappa shape index (κ3) is 2.02. The molecule has 2 nitrogen and oxygen atoms in total. The fourth-order valence-electron chi connectivity index (χ4n) is 0.951. The van der Waals surface area contributed by atoms with Gasteiger partial charge >= 0.3 is 0 Å². The van der Waals surface area contributed by atoms with Crippen LogP contribution in [0.2, 0.25) is 0 Å². The van der Waals surface area contributed by atoms with Crippen molar-refractivity contribution in [3.05, 3.63) is 29.8 Å². The van der Waals surface area contributed by atoms with Crippen LogP contribution in [-0.4, -0.2) is 5.11 Å². The summed E-state index contributed by atoms with van der Waals surface area (Å²) in [6.07, 6.45) is 4.80. The number of anilines is 1. The Hall–Kier alpha value is -1.44. The molecule has 0 bridgehead atoms. The van der Waals surface area contributed by atoms with Gasteiger partial charge in [-0.2, -0.15) is 0 Å². The highest BCUT2D eigenvalue weighted by molar-refractivity contribution is 5.61. The predicted octanol–water partition coefficient (Wildman–Crippen LogP) is 2.40. The zero-order valence-corrected chi connectivity index (χ0v) is 7.12. The van der Waals surface area contributed by atoms with Crippen molar-refractivity contribution in [2.75, 3.05) is 5.73 Å². The van der Waals surface area contributed by atoms with E-state index in [0.717, 1.165) is 12.0 Å². The van der Waals surface area contributed by atoms with Crippen molar-refractivity contribution in [2.24, 2.45) is 0 Å². The van der Waals surface area contributed by atoms with Gasteiger partial charge in [0.2, 0.25) is 0 Å². The van der Waals surface area contributed by atoms with Crippen LogP contribution in [-0.2, 0) is 0 Å². The fourth-order valence-corrected chi connectivity index (χ4v) is 0.951. The summed E-state index contributed by atoms with van der Waals surface area (Å²) in [6, 6.07) is 5.03. The average molecular weight is 163 g/mol. The van der Waals surface area contributed by atoms with E-state index >= 15 is 0 Å². The van der Waals surface area contributed by atoms with Crippen LogP contribution in [0.25, 0.3) is 6.08 Å². The van der Waals surface area contributed by atoms with Crippen LogP contribution in [0.4, 0.5) is 5.69 Å². The number of nitrogen functional groups attached to an aromatic ring is 1. The van der Waals surface area contributed by atoms with E-state index in [1.54, 1.807) is 18.2 Å². The molecule has 64 valence electrons. The Bertz CT molecular complexity index is 292. The fraction of sp³-hybridized carbons (Fsp3) is 0.200. The van der Waals surface area contributed by atoms with Crippen molar-refractivity contribution < 1.29 is 5.11 Å². The molecule has 0 unspecified atom stereocenters. The van der Waals surface area contributed by atoms with Gasteiger partial charge in [0.15, 0.2) is 0 Å². The third-order valence-electron chi connectivity index (χ3n) is 1.58. The first-order valence-electron chi connectivity index (χ1n) is 3.99. The van der Waals surface area contributed by atoms with E-state index in [0.29, 0.717) is 5.69 Å². The van der Waals surface area contributed by atoms with E-state index in [9.17, 15) is 5.11 Å². The molecule has 1 aromatic rings. The van der Waals surface area contributed by atoms with E-state index in [-0.39, 0.29) is 5.75 Å². The summed E-state index contributed by atoms with van der Waals surface area (Å²) in [5, 5.41) is 9.35. The van der Waals surface area contributed by atoms with Crippen molar-refractivity contribution in [3.63, 3.8) is 0 Å². The van der Waals surface area contributed by atoms with Crippen LogP contribution in [0, 0.1) is 0 Å². The molecule has 0 aliphatic heterocycles. The number of aromatic hydroxyl groups is 1. The van der Waals surface area contributed by atoms with Gasteiger partial charge in [-0.3, -0.25) is 0 Å². The van der Waals surface area contributed by atoms with E-state index in [1.165, 1.54) is 0 Å². The minimum atomic E-state index is 0.272. The largest absolute Gasteiger partial charge is 0.507 e. The Morgan fingerprint density at radius 1 is 1.50 bits per heavy atom. The van der Waals surface area contributed by atoms with Crippen molar-refractivity contribution in [3.8, 4) is 5.75 Å². The first-order valence-corrected chi connectivity index (χ1v) is 3.99. The number of nitrogens with two attached hydrogens (primary N) is 1. The second-order valence-corrected chi connectivity index (χ2v) is 2.63. The van der Waals surface area contributed by atoms with Gasteiger partial charge in [0.05, 0.1) is 0 Å². The number of hydrogen-bond donors (Lipinski definition) is 2. The molecule has 0 amide bonds. The molecule has 12 heavy (non-hydrogen) atoms. The van der Waals surface area contributed by atoms with Gasteiger partial charge in [0.1, 0.15) is 5.75 Å². The number of hydrogen-bond acceptors (Lipinski definition) is 2. The summed E-state index contributed by atoms with van der Waals surface area (Å²) in [5.74, 6) is 0.272. The summed E-state index contributed by atoms with van der Waals surface area (Å²) < 4.78 is 0. The zero-order valence-electron chi connectivity index (χ0n) is 7.12. The number of phenolic OH excluding ortho intramolecular Hbond substituents is 1. The van der Waals surface area contributed by atoms with Crippen LogP contribution in [0.1, 0.15) is 18.9 Å². The molecule has 0 saturated carbocycles. The van der Waals surface area contributed by atoms with Gasteiger partial charge < -0.3 is 10.8 Å². The quantitative estimate of drug-likeness (QED) is 0.519. The molecule has 0 aliphatic carbocycles. The maximum Gasteiger partial charge on any atom is 0.122 e. The lowest BCUT2D eigenvalue weighted by Crippen LogP contribution is -1.84. The molecule has 0 fully saturated rings. The lowest BCUT2D eigenvalue weighted by molar-refractivity contribution is 0.474. The monoisotopic (exact) mass is 163 g/mol. The molecule has 0 aliphatic rings. The van der Waals surface area contributed by atoms with E-state index in [2.05, 4.69) is 0 Å². The van der Waals surface area contributed by atoms with Gasteiger partial charge in [0.25, 0.3) is 0 Å². The molecule has 1 aromatic carbocycles. The molecule has 0 spiro atoms. The number of allylic oxidation sites excluding steroid dienone is 1. The molecular formula is C10H13NO. The second-order valence-electron chi connectivity index (χ2n) is 2.63. The third-order valence-corrected chi connectivity index (χ3v) is 1.58. The lowest BCUT2D eigenvalue weighted by atomic mass is 10.1.